The van der Waals surface area contributed by atoms with E-state index in [9.17, 15) is 0 Å². The molecule has 2 nitrogen and oxygen atoms in total. The minimum atomic E-state index is 0.537. The number of hydrogen-bond donors (Lipinski definition) is 1. The Morgan fingerprint density at radius 3 is 2.48 bits per heavy atom. The average molecular weight is 373 g/mol. The van der Waals surface area contributed by atoms with E-state index in [1.807, 2.05) is 12.1 Å². The van der Waals surface area contributed by atoms with E-state index in [1.54, 1.807) is 7.11 Å². The van der Waals surface area contributed by atoms with Crippen molar-refractivity contribution in [2.24, 2.45) is 5.41 Å². The smallest absolute Gasteiger partial charge is 0.156 e. The first-order valence-electron chi connectivity index (χ1n) is 7.91. The normalized spacial score (nSPS) is 21.7. The van der Waals surface area contributed by atoms with Gasteiger partial charge in [-0.3, -0.25) is 0 Å². The predicted octanol–water partition coefficient (Wildman–Crippen LogP) is 6.03. The Morgan fingerprint density at radius 2 is 1.86 bits per heavy atom. The molecule has 0 heterocycles. The van der Waals surface area contributed by atoms with Gasteiger partial charge in [-0.25, -0.2) is 0 Å². The summed E-state index contributed by atoms with van der Waals surface area (Å²) in [6.07, 6.45) is 11.0. The summed E-state index contributed by atoms with van der Waals surface area (Å²) < 4.78 is 6.40. The van der Waals surface area contributed by atoms with Crippen molar-refractivity contribution in [3.05, 3.63) is 21.6 Å². The maximum atomic E-state index is 6.17. The van der Waals surface area contributed by atoms with Crippen molar-refractivity contribution in [2.75, 3.05) is 12.4 Å². The summed E-state index contributed by atoms with van der Waals surface area (Å²) in [6, 6.07) is 4.38. The molecule has 0 bridgehead atoms. The van der Waals surface area contributed by atoms with Crippen LogP contribution in [0.4, 0.5) is 5.69 Å². The molecule has 3 rings (SSSR count). The lowest BCUT2D eigenvalue weighted by Crippen LogP contribution is -2.31. The monoisotopic (exact) mass is 371 g/mol. The van der Waals surface area contributed by atoms with Crippen molar-refractivity contribution in [1.82, 2.24) is 0 Å². The zero-order valence-electron chi connectivity index (χ0n) is 12.6. The van der Waals surface area contributed by atoms with Crippen LogP contribution >= 0.6 is 27.5 Å². The van der Waals surface area contributed by atoms with Crippen LogP contribution in [0.2, 0.25) is 5.02 Å². The quantitative estimate of drug-likeness (QED) is 0.699. The van der Waals surface area contributed by atoms with Gasteiger partial charge in [-0.1, -0.05) is 24.4 Å². The Bertz CT molecular complexity index is 504. The molecule has 0 unspecified atom stereocenters. The summed E-state index contributed by atoms with van der Waals surface area (Å²) in [5, 5.41) is 4.38. The van der Waals surface area contributed by atoms with Crippen molar-refractivity contribution in [2.45, 2.75) is 57.4 Å². The molecule has 1 aromatic rings. The predicted molar refractivity (Wildman–Crippen MR) is 92.5 cm³/mol. The molecule has 2 aliphatic rings. The summed E-state index contributed by atoms with van der Waals surface area (Å²) in [7, 11) is 1.70. The van der Waals surface area contributed by atoms with E-state index in [2.05, 4.69) is 21.2 Å². The van der Waals surface area contributed by atoms with Gasteiger partial charge in [0.15, 0.2) is 5.75 Å². The van der Waals surface area contributed by atoms with Crippen LogP contribution < -0.4 is 10.1 Å². The van der Waals surface area contributed by atoms with E-state index in [1.165, 1.54) is 51.4 Å². The maximum absolute atomic E-state index is 6.17. The molecule has 0 radical (unpaired) electrons. The van der Waals surface area contributed by atoms with Crippen LogP contribution in [-0.2, 0) is 0 Å². The third kappa shape index (κ3) is 3.34. The molecule has 2 fully saturated rings. The number of benzene rings is 1. The van der Waals surface area contributed by atoms with Crippen LogP contribution in [0.3, 0.4) is 0 Å². The Labute approximate surface area is 140 Å². The lowest BCUT2D eigenvalue weighted by Gasteiger charge is -2.38. The zero-order chi connectivity index (χ0) is 14.9. The number of anilines is 1. The standard InChI is InChI=1S/C17H23BrClNO/c1-21-16-14(18)10-12(19)11-15(16)20-13-4-8-17(9-5-13)6-2-3-7-17/h10-11,13,20H,2-9H2,1H3. The molecule has 1 spiro atoms. The third-order valence-corrected chi connectivity index (χ3v) is 6.09. The van der Waals surface area contributed by atoms with Gasteiger partial charge in [0, 0.05) is 11.1 Å². The second-order valence-electron chi connectivity index (χ2n) is 6.59. The molecule has 0 saturated heterocycles. The number of rotatable bonds is 3. The van der Waals surface area contributed by atoms with Gasteiger partial charge in [0.1, 0.15) is 0 Å². The summed E-state index contributed by atoms with van der Waals surface area (Å²) in [5.41, 5.74) is 1.68. The van der Waals surface area contributed by atoms with Gasteiger partial charge in [0.25, 0.3) is 0 Å². The van der Waals surface area contributed by atoms with Crippen LogP contribution in [0, 0.1) is 5.41 Å². The number of hydrogen-bond acceptors (Lipinski definition) is 2. The van der Waals surface area contributed by atoms with Gasteiger partial charge < -0.3 is 10.1 Å². The van der Waals surface area contributed by atoms with E-state index < -0.39 is 0 Å². The second kappa shape index (κ2) is 6.37. The van der Waals surface area contributed by atoms with E-state index in [0.29, 0.717) is 11.5 Å². The molecule has 2 saturated carbocycles. The SMILES string of the molecule is COc1c(Br)cc(Cl)cc1NC1CCC2(CCCC2)CC1. The first kappa shape index (κ1) is 15.5. The van der Waals surface area contributed by atoms with E-state index in [-0.39, 0.29) is 0 Å². The fraction of sp³-hybridized carbons (Fsp3) is 0.647. The van der Waals surface area contributed by atoms with Crippen molar-refractivity contribution >= 4 is 33.2 Å². The molecule has 0 amide bonds. The molecule has 0 aliphatic heterocycles. The van der Waals surface area contributed by atoms with Gasteiger partial charge in [-0.15, -0.1) is 0 Å². The zero-order valence-corrected chi connectivity index (χ0v) is 14.9. The lowest BCUT2D eigenvalue weighted by atomic mass is 9.71. The van der Waals surface area contributed by atoms with Gasteiger partial charge in [0.2, 0.25) is 0 Å². The molecule has 21 heavy (non-hydrogen) atoms. The van der Waals surface area contributed by atoms with Crippen molar-refractivity contribution in [1.29, 1.82) is 0 Å². The molecule has 0 aromatic heterocycles. The topological polar surface area (TPSA) is 21.3 Å². The highest BCUT2D eigenvalue weighted by molar-refractivity contribution is 9.10. The summed E-state index contributed by atoms with van der Waals surface area (Å²) in [6.45, 7) is 0. The molecule has 1 aromatic carbocycles. The largest absolute Gasteiger partial charge is 0.493 e. The minimum absolute atomic E-state index is 0.537. The Balaban J connectivity index is 1.68. The van der Waals surface area contributed by atoms with Gasteiger partial charge in [-0.05, 0) is 72.0 Å². The van der Waals surface area contributed by atoms with Gasteiger partial charge in [0.05, 0.1) is 17.3 Å². The van der Waals surface area contributed by atoms with Crippen molar-refractivity contribution in [3.8, 4) is 5.75 Å². The highest BCUT2D eigenvalue weighted by Crippen LogP contribution is 2.49. The fourth-order valence-electron chi connectivity index (χ4n) is 4.09. The highest BCUT2D eigenvalue weighted by atomic mass is 79.9. The Morgan fingerprint density at radius 1 is 1.19 bits per heavy atom. The van der Waals surface area contributed by atoms with Gasteiger partial charge >= 0.3 is 0 Å². The molecular formula is C17H23BrClNO. The average Bonchev–Trinajstić information content (AvgIpc) is 2.90. The second-order valence-corrected chi connectivity index (χ2v) is 7.88. The van der Waals surface area contributed by atoms with Crippen LogP contribution in [0.15, 0.2) is 16.6 Å². The van der Waals surface area contributed by atoms with Crippen LogP contribution in [-0.4, -0.2) is 13.2 Å². The maximum Gasteiger partial charge on any atom is 0.156 e. The fourth-order valence-corrected chi connectivity index (χ4v) is 5.07. The van der Waals surface area contributed by atoms with Crippen LogP contribution in [0.25, 0.3) is 0 Å². The molecule has 2 aliphatic carbocycles. The molecule has 4 heteroatoms. The van der Waals surface area contributed by atoms with Crippen molar-refractivity contribution in [3.63, 3.8) is 0 Å². The molecular weight excluding hydrogens is 350 g/mol. The number of methoxy groups -OCH3 is 1. The lowest BCUT2D eigenvalue weighted by molar-refractivity contribution is 0.188. The van der Waals surface area contributed by atoms with Crippen molar-refractivity contribution < 1.29 is 4.74 Å². The first-order chi connectivity index (χ1) is 10.1. The number of halogens is 2. The van der Waals surface area contributed by atoms with E-state index in [0.717, 1.165) is 20.9 Å². The summed E-state index contributed by atoms with van der Waals surface area (Å²) in [5.74, 6) is 0.848. The van der Waals surface area contributed by atoms with E-state index >= 15 is 0 Å². The number of nitrogens with one attached hydrogen (secondary N) is 1. The highest BCUT2D eigenvalue weighted by Gasteiger charge is 2.37. The molecule has 0 atom stereocenters. The molecule has 116 valence electrons. The first-order valence-corrected chi connectivity index (χ1v) is 9.09. The molecule has 1 N–H and O–H groups in total. The van der Waals surface area contributed by atoms with E-state index in [4.69, 9.17) is 16.3 Å². The minimum Gasteiger partial charge on any atom is -0.493 e. The Hall–Kier alpha value is -0.410. The number of ether oxygens (including phenoxy) is 1. The summed E-state index contributed by atoms with van der Waals surface area (Å²) >= 11 is 9.69. The van der Waals surface area contributed by atoms with Crippen LogP contribution in [0.1, 0.15) is 51.4 Å². The van der Waals surface area contributed by atoms with Gasteiger partial charge in [-0.2, -0.15) is 0 Å². The Kier molecular flexibility index (Phi) is 4.70. The summed E-state index contributed by atoms with van der Waals surface area (Å²) in [4.78, 5) is 0. The van der Waals surface area contributed by atoms with Crippen LogP contribution in [0.5, 0.6) is 5.75 Å². The third-order valence-electron chi connectivity index (χ3n) is 5.28.